The molecule has 0 atom stereocenters. The molecule has 16 heavy (non-hydrogen) atoms. The van der Waals surface area contributed by atoms with Crippen LogP contribution < -0.4 is 0 Å². The molecule has 0 amide bonds. The van der Waals surface area contributed by atoms with Crippen molar-refractivity contribution in [2.24, 2.45) is 5.41 Å². The Morgan fingerprint density at radius 3 is 1.56 bits per heavy atom. The normalized spacial score (nSPS) is 9.12. The van der Waals surface area contributed by atoms with E-state index in [1.807, 2.05) is 0 Å². The third-order valence-corrected chi connectivity index (χ3v) is 1.47. The van der Waals surface area contributed by atoms with Gasteiger partial charge in [-0.2, -0.15) is 0 Å². The fourth-order valence-electron chi connectivity index (χ4n) is 0.118. The zero-order valence-corrected chi connectivity index (χ0v) is 11.4. The fourth-order valence-corrected chi connectivity index (χ4v) is 0.118. The van der Waals surface area contributed by atoms with Crippen LogP contribution in [0.5, 0.6) is 0 Å². The quantitative estimate of drug-likeness (QED) is 0.602. The average molecular weight is 234 g/mol. The monoisotopic (exact) mass is 234 g/mol. The highest BCUT2D eigenvalue weighted by Crippen LogP contribution is 2.16. The maximum Gasteiger partial charge on any atom is 0.327 e. The van der Waals surface area contributed by atoms with Gasteiger partial charge in [-0.05, 0) is 5.41 Å². The molecule has 0 rings (SSSR count). The van der Waals surface area contributed by atoms with Crippen molar-refractivity contribution in [1.82, 2.24) is 0 Å². The lowest BCUT2D eigenvalue weighted by Crippen LogP contribution is -2.00. The fraction of sp³-hybridized carbons (Fsp3) is 0.750. The van der Waals surface area contributed by atoms with Crippen LogP contribution in [0.4, 0.5) is 0 Å². The van der Waals surface area contributed by atoms with E-state index in [2.05, 4.69) is 43.7 Å². The molecule has 0 saturated carbocycles. The van der Waals surface area contributed by atoms with Gasteiger partial charge in [0.05, 0.1) is 0 Å². The molecule has 0 aromatic carbocycles. The van der Waals surface area contributed by atoms with Gasteiger partial charge < -0.3 is 14.6 Å². The molecule has 0 unspecified atom stereocenters. The van der Waals surface area contributed by atoms with Crippen LogP contribution in [-0.4, -0.2) is 32.1 Å². The second kappa shape index (κ2) is 14.1. The summed E-state index contributed by atoms with van der Waals surface area (Å²) in [5.41, 5.74) is 0.542. The first-order chi connectivity index (χ1) is 7.24. The van der Waals surface area contributed by atoms with Gasteiger partial charge in [-0.3, -0.25) is 0 Å². The Kier molecular flexibility index (Phi) is 18.1. The van der Waals surface area contributed by atoms with Crippen LogP contribution >= 0.6 is 0 Å². The standard InChI is InChI=1S/C6H14.C3H8O2.C3H4O2/c1-5-6(2,3)4;1-4-3-5-2;1-2-3(4)5/h5H2,1-4H3;3H2,1-2H3;2H,1H2,(H,4,5). The Morgan fingerprint density at radius 2 is 1.56 bits per heavy atom. The Morgan fingerprint density at radius 1 is 1.31 bits per heavy atom. The van der Waals surface area contributed by atoms with E-state index in [-0.39, 0.29) is 0 Å². The smallest absolute Gasteiger partial charge is 0.327 e. The van der Waals surface area contributed by atoms with Crippen molar-refractivity contribution in [1.29, 1.82) is 0 Å². The number of hydrogen-bond donors (Lipinski definition) is 1. The summed E-state index contributed by atoms with van der Waals surface area (Å²) in [6.45, 7) is 12.3. The van der Waals surface area contributed by atoms with Gasteiger partial charge >= 0.3 is 5.97 Å². The van der Waals surface area contributed by atoms with Crippen molar-refractivity contribution < 1.29 is 19.4 Å². The number of carbonyl (C=O) groups is 1. The summed E-state index contributed by atoms with van der Waals surface area (Å²) >= 11 is 0. The van der Waals surface area contributed by atoms with Gasteiger partial charge in [0.1, 0.15) is 6.79 Å². The summed E-state index contributed by atoms with van der Waals surface area (Å²) in [7, 11) is 3.17. The molecule has 0 spiro atoms. The second-order valence-electron chi connectivity index (χ2n) is 4.15. The molecule has 0 aliphatic heterocycles. The van der Waals surface area contributed by atoms with E-state index >= 15 is 0 Å². The Balaban J connectivity index is -0.000000160. The molecule has 4 nitrogen and oxygen atoms in total. The lowest BCUT2D eigenvalue weighted by atomic mass is 9.94. The molecule has 1 N–H and O–H groups in total. The van der Waals surface area contributed by atoms with Gasteiger partial charge in [0.25, 0.3) is 0 Å². The van der Waals surface area contributed by atoms with Gasteiger partial charge in [0.2, 0.25) is 0 Å². The van der Waals surface area contributed by atoms with Crippen molar-refractivity contribution in [2.75, 3.05) is 21.0 Å². The molecular weight excluding hydrogens is 208 g/mol. The molecule has 4 heteroatoms. The summed E-state index contributed by atoms with van der Waals surface area (Å²) in [4.78, 5) is 9.25. The molecule has 0 aliphatic carbocycles. The highest BCUT2D eigenvalue weighted by Gasteiger charge is 2.03. The van der Waals surface area contributed by atoms with E-state index in [0.717, 1.165) is 6.08 Å². The molecular formula is C12H26O4. The van der Waals surface area contributed by atoms with Crippen LogP contribution in [0.25, 0.3) is 0 Å². The van der Waals surface area contributed by atoms with Crippen molar-refractivity contribution in [3.8, 4) is 0 Å². The summed E-state index contributed by atoms with van der Waals surface area (Å²) in [6.07, 6.45) is 2.10. The minimum Gasteiger partial charge on any atom is -0.478 e. The molecule has 0 fully saturated rings. The number of methoxy groups -OCH3 is 2. The predicted octanol–water partition coefficient (Wildman–Crippen LogP) is 2.94. The number of ether oxygens (including phenoxy) is 2. The molecule has 0 aromatic heterocycles. The SMILES string of the molecule is C=CC(=O)O.CCC(C)(C)C.COCOC. The van der Waals surface area contributed by atoms with Crippen molar-refractivity contribution >= 4 is 5.97 Å². The lowest BCUT2D eigenvalue weighted by Gasteiger charge is -2.12. The number of carboxylic acids is 1. The third-order valence-electron chi connectivity index (χ3n) is 1.47. The molecule has 0 aromatic rings. The minimum atomic E-state index is -0.981. The zero-order valence-electron chi connectivity index (χ0n) is 11.4. The number of carboxylic acid groups (broad SMARTS) is 1. The topological polar surface area (TPSA) is 55.8 Å². The number of hydrogen-bond acceptors (Lipinski definition) is 3. The molecule has 0 bridgehead atoms. The van der Waals surface area contributed by atoms with E-state index in [4.69, 9.17) is 5.11 Å². The first kappa shape index (κ1) is 20.5. The van der Waals surface area contributed by atoms with E-state index in [1.165, 1.54) is 6.42 Å². The van der Waals surface area contributed by atoms with Crippen LogP contribution in [0.1, 0.15) is 34.1 Å². The zero-order chi connectivity index (χ0) is 13.6. The highest BCUT2D eigenvalue weighted by molar-refractivity contribution is 5.78. The predicted molar refractivity (Wildman–Crippen MR) is 66.5 cm³/mol. The first-order valence-electron chi connectivity index (χ1n) is 5.08. The maximum absolute atomic E-state index is 9.25. The van der Waals surface area contributed by atoms with Crippen LogP contribution in [0, 0.1) is 5.41 Å². The largest absolute Gasteiger partial charge is 0.478 e. The van der Waals surface area contributed by atoms with E-state index in [9.17, 15) is 4.79 Å². The van der Waals surface area contributed by atoms with Crippen LogP contribution in [0.15, 0.2) is 12.7 Å². The maximum atomic E-state index is 9.25. The van der Waals surface area contributed by atoms with E-state index in [1.54, 1.807) is 14.2 Å². The van der Waals surface area contributed by atoms with Crippen molar-refractivity contribution in [3.63, 3.8) is 0 Å². The molecule has 0 aliphatic rings. The van der Waals surface area contributed by atoms with Gasteiger partial charge in [-0.1, -0.05) is 40.7 Å². The van der Waals surface area contributed by atoms with E-state index in [0.29, 0.717) is 12.2 Å². The van der Waals surface area contributed by atoms with Gasteiger partial charge in [-0.25, -0.2) is 4.79 Å². The van der Waals surface area contributed by atoms with Crippen molar-refractivity contribution in [2.45, 2.75) is 34.1 Å². The molecule has 0 heterocycles. The summed E-state index contributed by atoms with van der Waals surface area (Å²) in [5, 5.41) is 7.60. The summed E-state index contributed by atoms with van der Waals surface area (Å²) in [5.74, 6) is -0.981. The van der Waals surface area contributed by atoms with Crippen LogP contribution in [0.2, 0.25) is 0 Å². The van der Waals surface area contributed by atoms with Crippen LogP contribution in [0.3, 0.4) is 0 Å². The second-order valence-corrected chi connectivity index (χ2v) is 4.15. The lowest BCUT2D eigenvalue weighted by molar-refractivity contribution is -0.131. The Labute approximate surface area is 99.3 Å². The summed E-state index contributed by atoms with van der Waals surface area (Å²) < 4.78 is 8.94. The molecule has 98 valence electrons. The van der Waals surface area contributed by atoms with Crippen LogP contribution in [-0.2, 0) is 14.3 Å². The first-order valence-corrected chi connectivity index (χ1v) is 5.08. The van der Waals surface area contributed by atoms with Gasteiger partial charge in [0.15, 0.2) is 0 Å². The average Bonchev–Trinajstić information content (AvgIpc) is 2.20. The molecule has 0 radical (unpaired) electrons. The number of rotatable bonds is 3. The van der Waals surface area contributed by atoms with Crippen molar-refractivity contribution in [3.05, 3.63) is 12.7 Å². The third kappa shape index (κ3) is 51.4. The van der Waals surface area contributed by atoms with Gasteiger partial charge in [-0.15, -0.1) is 0 Å². The Bertz CT molecular complexity index is 157. The van der Waals surface area contributed by atoms with E-state index < -0.39 is 5.97 Å². The Hall–Kier alpha value is -0.870. The molecule has 0 saturated heterocycles. The number of aliphatic carboxylic acids is 1. The summed E-state index contributed by atoms with van der Waals surface area (Å²) in [6, 6.07) is 0. The van der Waals surface area contributed by atoms with Gasteiger partial charge in [0, 0.05) is 20.3 Å². The highest BCUT2D eigenvalue weighted by atomic mass is 16.6. The minimum absolute atomic E-state index is 0.389.